The molecule has 0 aromatic heterocycles. The topological polar surface area (TPSA) is 125 Å². The molecule has 9 heteroatoms. The zero-order valence-corrected chi connectivity index (χ0v) is 15.7. The van der Waals surface area contributed by atoms with E-state index in [1.807, 2.05) is 0 Å². The Bertz CT molecular complexity index is 565. The number of esters is 4. The maximum atomic E-state index is 11.5. The van der Waals surface area contributed by atoms with E-state index in [-0.39, 0.29) is 50.4 Å². The van der Waals surface area contributed by atoms with E-state index in [1.54, 1.807) is 0 Å². The second-order valence-corrected chi connectivity index (χ2v) is 5.65. The van der Waals surface area contributed by atoms with Crippen LogP contribution in [0, 0.1) is 0 Å². The first-order valence-corrected chi connectivity index (χ1v) is 8.30. The van der Waals surface area contributed by atoms with E-state index < -0.39 is 36.4 Å². The first-order valence-electron chi connectivity index (χ1n) is 8.30. The molecule has 0 aliphatic carbocycles. The predicted molar refractivity (Wildman–Crippen MR) is 93.3 cm³/mol. The van der Waals surface area contributed by atoms with Crippen LogP contribution in [0.25, 0.3) is 0 Å². The van der Waals surface area contributed by atoms with Crippen LogP contribution in [-0.4, -0.2) is 61.5 Å². The largest absolute Gasteiger partial charge is 0.465 e. The van der Waals surface area contributed by atoms with Gasteiger partial charge in [0.05, 0.1) is 32.8 Å². The SMILES string of the molecule is C=C(C)C(=O)OCCCOC(=O)CC(O)C(=O)OCCCOC(=O)C(=C)C. The van der Waals surface area contributed by atoms with E-state index in [4.69, 9.17) is 18.9 Å². The van der Waals surface area contributed by atoms with Gasteiger partial charge in [-0.3, -0.25) is 4.79 Å². The van der Waals surface area contributed by atoms with Crippen LogP contribution in [0.15, 0.2) is 24.3 Å². The van der Waals surface area contributed by atoms with Crippen molar-refractivity contribution in [3.8, 4) is 0 Å². The number of carbonyl (C=O) groups is 4. The molecule has 0 saturated carbocycles. The molecule has 0 aliphatic heterocycles. The van der Waals surface area contributed by atoms with Crippen LogP contribution in [0.2, 0.25) is 0 Å². The Morgan fingerprint density at radius 2 is 1.19 bits per heavy atom. The first kappa shape index (κ1) is 24.3. The molecule has 0 aromatic rings. The summed E-state index contributed by atoms with van der Waals surface area (Å²) in [4.78, 5) is 45.3. The lowest BCUT2D eigenvalue weighted by atomic mass is 10.2. The number of hydrogen-bond acceptors (Lipinski definition) is 9. The van der Waals surface area contributed by atoms with Crippen LogP contribution >= 0.6 is 0 Å². The molecule has 27 heavy (non-hydrogen) atoms. The van der Waals surface area contributed by atoms with Gasteiger partial charge in [0, 0.05) is 24.0 Å². The van der Waals surface area contributed by atoms with Gasteiger partial charge in [-0.25, -0.2) is 14.4 Å². The average molecular weight is 386 g/mol. The summed E-state index contributed by atoms with van der Waals surface area (Å²) in [5.41, 5.74) is 0.525. The van der Waals surface area contributed by atoms with Crippen molar-refractivity contribution in [3.63, 3.8) is 0 Å². The summed E-state index contributed by atoms with van der Waals surface area (Å²) >= 11 is 0. The van der Waals surface area contributed by atoms with Crippen LogP contribution in [0.5, 0.6) is 0 Å². The lowest BCUT2D eigenvalue weighted by Gasteiger charge is -2.11. The van der Waals surface area contributed by atoms with Gasteiger partial charge >= 0.3 is 23.9 Å². The molecule has 1 atom stereocenters. The maximum absolute atomic E-state index is 11.5. The zero-order valence-electron chi connectivity index (χ0n) is 15.7. The minimum Gasteiger partial charge on any atom is -0.465 e. The van der Waals surface area contributed by atoms with Gasteiger partial charge in [-0.1, -0.05) is 13.2 Å². The number of carbonyl (C=O) groups excluding carboxylic acids is 4. The molecule has 0 amide bonds. The van der Waals surface area contributed by atoms with Gasteiger partial charge in [-0.15, -0.1) is 0 Å². The van der Waals surface area contributed by atoms with E-state index in [9.17, 15) is 24.3 Å². The van der Waals surface area contributed by atoms with Gasteiger partial charge in [0.1, 0.15) is 0 Å². The summed E-state index contributed by atoms with van der Waals surface area (Å²) in [5, 5.41) is 9.59. The molecule has 0 fully saturated rings. The van der Waals surface area contributed by atoms with Crippen LogP contribution in [0.3, 0.4) is 0 Å². The molecule has 1 N–H and O–H groups in total. The Morgan fingerprint density at radius 3 is 1.63 bits per heavy atom. The number of ether oxygens (including phenoxy) is 4. The lowest BCUT2D eigenvalue weighted by molar-refractivity contribution is -0.160. The molecule has 0 bridgehead atoms. The summed E-state index contributed by atoms with van der Waals surface area (Å²) in [6, 6.07) is 0. The van der Waals surface area contributed by atoms with E-state index in [1.165, 1.54) is 13.8 Å². The van der Waals surface area contributed by atoms with E-state index in [0.717, 1.165) is 0 Å². The average Bonchev–Trinajstić information content (AvgIpc) is 2.60. The third kappa shape index (κ3) is 12.3. The first-order chi connectivity index (χ1) is 12.6. The lowest BCUT2D eigenvalue weighted by Crippen LogP contribution is -2.27. The molecule has 0 heterocycles. The Morgan fingerprint density at radius 1 is 0.778 bits per heavy atom. The number of aliphatic hydroxyl groups is 1. The molecule has 0 rings (SSSR count). The Labute approximate surface area is 157 Å². The quantitative estimate of drug-likeness (QED) is 0.212. The predicted octanol–water partition coefficient (Wildman–Crippen LogP) is 0.843. The molecule has 1 unspecified atom stereocenters. The monoisotopic (exact) mass is 386 g/mol. The van der Waals surface area contributed by atoms with Crippen molar-refractivity contribution in [3.05, 3.63) is 24.3 Å². The second-order valence-electron chi connectivity index (χ2n) is 5.65. The fraction of sp³-hybridized carbons (Fsp3) is 0.556. The van der Waals surface area contributed by atoms with E-state index in [0.29, 0.717) is 0 Å². The highest BCUT2D eigenvalue weighted by molar-refractivity contribution is 5.87. The second kappa shape index (κ2) is 13.5. The fourth-order valence-corrected chi connectivity index (χ4v) is 1.45. The third-order valence-electron chi connectivity index (χ3n) is 2.88. The molecule has 0 aliphatic rings. The number of rotatable bonds is 13. The van der Waals surface area contributed by atoms with Crippen LogP contribution in [-0.2, 0) is 38.1 Å². The molecular weight excluding hydrogens is 360 g/mol. The molecule has 152 valence electrons. The minimum absolute atomic E-state index is 0.0296. The maximum Gasteiger partial charge on any atom is 0.335 e. The van der Waals surface area contributed by atoms with Crippen LogP contribution < -0.4 is 0 Å². The van der Waals surface area contributed by atoms with Crippen molar-refractivity contribution in [1.29, 1.82) is 0 Å². The Hall–Kier alpha value is -2.68. The van der Waals surface area contributed by atoms with Gasteiger partial charge in [-0.2, -0.15) is 0 Å². The summed E-state index contributed by atoms with van der Waals surface area (Å²) < 4.78 is 19.2. The number of hydrogen-bond donors (Lipinski definition) is 1. The van der Waals surface area contributed by atoms with Gasteiger partial charge < -0.3 is 24.1 Å². The van der Waals surface area contributed by atoms with Gasteiger partial charge in [0.15, 0.2) is 6.10 Å². The van der Waals surface area contributed by atoms with Crippen LogP contribution in [0.1, 0.15) is 33.1 Å². The molecular formula is C18H26O9. The van der Waals surface area contributed by atoms with Gasteiger partial charge in [0.25, 0.3) is 0 Å². The minimum atomic E-state index is -1.66. The standard InChI is InChI=1S/C18H26O9/c1-12(2)16(21)25-8-5-7-24-15(20)11-14(19)18(23)27-10-6-9-26-17(22)13(3)4/h14,19H,1,3,5-11H2,2,4H3. The summed E-state index contributed by atoms with van der Waals surface area (Å²) in [7, 11) is 0. The molecule has 0 radical (unpaired) electrons. The zero-order chi connectivity index (χ0) is 20.8. The highest BCUT2D eigenvalue weighted by Gasteiger charge is 2.21. The highest BCUT2D eigenvalue weighted by Crippen LogP contribution is 2.01. The van der Waals surface area contributed by atoms with Gasteiger partial charge in [0.2, 0.25) is 0 Å². The fourth-order valence-electron chi connectivity index (χ4n) is 1.45. The van der Waals surface area contributed by atoms with E-state index >= 15 is 0 Å². The molecule has 0 saturated heterocycles. The van der Waals surface area contributed by atoms with Crippen molar-refractivity contribution >= 4 is 23.9 Å². The Kier molecular flexibility index (Phi) is 12.2. The summed E-state index contributed by atoms with van der Waals surface area (Å²) in [6.45, 7) is 9.83. The molecule has 0 spiro atoms. The van der Waals surface area contributed by atoms with Crippen molar-refractivity contribution in [1.82, 2.24) is 0 Å². The van der Waals surface area contributed by atoms with Crippen molar-refractivity contribution < 1.29 is 43.2 Å². The number of aliphatic hydroxyl groups excluding tert-OH is 1. The summed E-state index contributed by atoms with van der Waals surface area (Å²) in [5.74, 6) is -2.85. The third-order valence-corrected chi connectivity index (χ3v) is 2.88. The van der Waals surface area contributed by atoms with Gasteiger partial charge in [-0.05, 0) is 13.8 Å². The normalized spacial score (nSPS) is 11.1. The molecule has 9 nitrogen and oxygen atoms in total. The van der Waals surface area contributed by atoms with Crippen molar-refractivity contribution in [2.24, 2.45) is 0 Å². The Balaban J connectivity index is 3.80. The highest BCUT2D eigenvalue weighted by atomic mass is 16.6. The van der Waals surface area contributed by atoms with Crippen molar-refractivity contribution in [2.75, 3.05) is 26.4 Å². The van der Waals surface area contributed by atoms with E-state index in [2.05, 4.69) is 13.2 Å². The molecule has 0 aromatic carbocycles. The smallest absolute Gasteiger partial charge is 0.335 e. The van der Waals surface area contributed by atoms with Crippen molar-refractivity contribution in [2.45, 2.75) is 39.2 Å². The summed E-state index contributed by atoms with van der Waals surface area (Å²) in [6.07, 6.45) is -1.70. The van der Waals surface area contributed by atoms with Crippen LogP contribution in [0.4, 0.5) is 0 Å².